The highest BCUT2D eigenvalue weighted by atomic mass is 16.6. The molecular formula is C28H34N2O8. The van der Waals surface area contributed by atoms with Crippen LogP contribution in [0.15, 0.2) is 72.8 Å². The van der Waals surface area contributed by atoms with Crippen LogP contribution in [0.2, 0.25) is 0 Å². The summed E-state index contributed by atoms with van der Waals surface area (Å²) in [6, 6.07) is 17.6. The van der Waals surface area contributed by atoms with Gasteiger partial charge in [0.25, 0.3) is 0 Å². The number of likely N-dealkylation sites (N-methyl/N-ethyl adjacent to an activating group) is 2. The molecule has 2 amide bonds. The molecule has 0 N–H and O–H groups in total. The van der Waals surface area contributed by atoms with Crippen LogP contribution in [-0.4, -0.2) is 73.3 Å². The van der Waals surface area contributed by atoms with Crippen LogP contribution in [0.4, 0.5) is 9.59 Å². The Morgan fingerprint density at radius 1 is 0.632 bits per heavy atom. The van der Waals surface area contributed by atoms with Gasteiger partial charge in [-0.05, 0) is 25.0 Å². The second-order valence-corrected chi connectivity index (χ2v) is 8.59. The zero-order valence-electron chi connectivity index (χ0n) is 22.1. The van der Waals surface area contributed by atoms with E-state index in [9.17, 15) is 19.2 Å². The van der Waals surface area contributed by atoms with Crippen molar-refractivity contribution in [3.63, 3.8) is 0 Å². The second kappa shape index (κ2) is 15.7. The van der Waals surface area contributed by atoms with Gasteiger partial charge in [0.1, 0.15) is 26.4 Å². The van der Waals surface area contributed by atoms with E-state index in [-0.39, 0.29) is 26.4 Å². The lowest BCUT2D eigenvalue weighted by atomic mass is 10.2. The van der Waals surface area contributed by atoms with Gasteiger partial charge >= 0.3 is 24.1 Å². The van der Waals surface area contributed by atoms with Crippen LogP contribution in [0.1, 0.15) is 25.0 Å². The number of carbonyl (C=O) groups is 4. The molecule has 0 radical (unpaired) electrons. The molecule has 0 aliphatic carbocycles. The minimum atomic E-state index is -0.769. The molecule has 2 rings (SSSR count). The van der Waals surface area contributed by atoms with Gasteiger partial charge in [-0.25, -0.2) is 19.2 Å². The Morgan fingerprint density at radius 3 is 1.32 bits per heavy atom. The Balaban J connectivity index is 1.65. The Morgan fingerprint density at radius 2 is 0.974 bits per heavy atom. The number of esters is 2. The third kappa shape index (κ3) is 10.7. The van der Waals surface area contributed by atoms with Crippen LogP contribution in [-0.2, 0) is 41.8 Å². The topological polar surface area (TPSA) is 112 Å². The summed E-state index contributed by atoms with van der Waals surface area (Å²) >= 11 is 0. The zero-order valence-corrected chi connectivity index (χ0v) is 22.1. The van der Waals surface area contributed by atoms with E-state index >= 15 is 0 Å². The van der Waals surface area contributed by atoms with E-state index in [0.717, 1.165) is 23.3 Å². The predicted octanol–water partition coefficient (Wildman–Crippen LogP) is 3.94. The summed E-state index contributed by atoms with van der Waals surface area (Å²) in [4.78, 5) is 50.9. The lowest BCUT2D eigenvalue weighted by Crippen LogP contribution is -2.38. The van der Waals surface area contributed by atoms with Crippen LogP contribution in [0, 0.1) is 0 Å². The highest BCUT2D eigenvalue weighted by Crippen LogP contribution is 2.07. The van der Waals surface area contributed by atoms with Gasteiger partial charge in [-0.1, -0.05) is 60.7 Å². The van der Waals surface area contributed by atoms with E-state index in [2.05, 4.69) is 0 Å². The maximum atomic E-state index is 12.2. The molecule has 10 nitrogen and oxygen atoms in total. The summed E-state index contributed by atoms with van der Waals surface area (Å²) < 4.78 is 20.7. The number of nitrogens with zero attached hydrogens (tertiary/aromatic N) is 2. The molecule has 0 fully saturated rings. The van der Waals surface area contributed by atoms with Crippen molar-refractivity contribution in [2.45, 2.75) is 39.1 Å². The quantitative estimate of drug-likeness (QED) is 0.232. The molecule has 10 heteroatoms. The van der Waals surface area contributed by atoms with Gasteiger partial charge < -0.3 is 28.7 Å². The SMILES string of the molecule is C[C@@H](COC(=O)/C=C/C(=O)OC[C@H](C)N(C)C(=O)OCc1ccccc1)N(C)C(=O)OCc1ccccc1. The van der Waals surface area contributed by atoms with Gasteiger partial charge in [0, 0.05) is 26.2 Å². The van der Waals surface area contributed by atoms with E-state index in [0.29, 0.717) is 0 Å². The van der Waals surface area contributed by atoms with Gasteiger partial charge in [0.15, 0.2) is 0 Å². The highest BCUT2D eigenvalue weighted by Gasteiger charge is 2.20. The summed E-state index contributed by atoms with van der Waals surface area (Å²) in [5, 5.41) is 0. The largest absolute Gasteiger partial charge is 0.460 e. The lowest BCUT2D eigenvalue weighted by Gasteiger charge is -2.24. The van der Waals surface area contributed by atoms with E-state index in [1.165, 1.54) is 23.9 Å². The fourth-order valence-corrected chi connectivity index (χ4v) is 2.86. The fourth-order valence-electron chi connectivity index (χ4n) is 2.86. The van der Waals surface area contributed by atoms with Crippen molar-refractivity contribution in [2.24, 2.45) is 0 Å². The smallest absolute Gasteiger partial charge is 0.410 e. The second-order valence-electron chi connectivity index (χ2n) is 8.59. The van der Waals surface area contributed by atoms with Crippen molar-refractivity contribution in [3.05, 3.63) is 83.9 Å². The lowest BCUT2D eigenvalue weighted by molar-refractivity contribution is -0.141. The van der Waals surface area contributed by atoms with E-state index in [1.54, 1.807) is 13.8 Å². The van der Waals surface area contributed by atoms with Crippen LogP contribution >= 0.6 is 0 Å². The molecular weight excluding hydrogens is 492 g/mol. The molecule has 0 bridgehead atoms. The van der Waals surface area contributed by atoms with Gasteiger partial charge in [-0.2, -0.15) is 0 Å². The number of hydrogen-bond donors (Lipinski definition) is 0. The van der Waals surface area contributed by atoms with Crippen molar-refractivity contribution in [2.75, 3.05) is 27.3 Å². The van der Waals surface area contributed by atoms with Crippen LogP contribution < -0.4 is 0 Å². The Hall–Kier alpha value is -4.34. The van der Waals surface area contributed by atoms with Crippen molar-refractivity contribution >= 4 is 24.1 Å². The van der Waals surface area contributed by atoms with Crippen LogP contribution in [0.25, 0.3) is 0 Å². The van der Waals surface area contributed by atoms with Gasteiger partial charge in [0.2, 0.25) is 0 Å². The van der Waals surface area contributed by atoms with E-state index in [4.69, 9.17) is 18.9 Å². The molecule has 0 aromatic heterocycles. The molecule has 38 heavy (non-hydrogen) atoms. The molecule has 204 valence electrons. The molecule has 0 unspecified atom stereocenters. The van der Waals surface area contributed by atoms with Gasteiger partial charge in [0.05, 0.1) is 12.1 Å². The molecule has 0 aliphatic rings. The molecule has 2 aromatic rings. The first-order chi connectivity index (χ1) is 18.2. The number of rotatable bonds is 12. The number of ether oxygens (including phenoxy) is 4. The van der Waals surface area contributed by atoms with E-state index < -0.39 is 36.2 Å². The third-order valence-electron chi connectivity index (χ3n) is 5.60. The third-order valence-corrected chi connectivity index (χ3v) is 5.60. The van der Waals surface area contributed by atoms with Crippen molar-refractivity contribution in [3.8, 4) is 0 Å². The normalized spacial score (nSPS) is 12.2. The zero-order chi connectivity index (χ0) is 27.9. The first kappa shape index (κ1) is 29.9. The highest BCUT2D eigenvalue weighted by molar-refractivity contribution is 5.91. The van der Waals surface area contributed by atoms with Crippen molar-refractivity contribution in [1.29, 1.82) is 0 Å². The summed E-state index contributed by atoms with van der Waals surface area (Å²) in [6.45, 7) is 3.45. The van der Waals surface area contributed by atoms with Crippen LogP contribution in [0.5, 0.6) is 0 Å². The van der Waals surface area contributed by atoms with E-state index in [1.807, 2.05) is 60.7 Å². The van der Waals surface area contributed by atoms with Crippen LogP contribution in [0.3, 0.4) is 0 Å². The summed E-state index contributed by atoms with van der Waals surface area (Å²) in [7, 11) is 3.07. The Bertz CT molecular complexity index is 989. The monoisotopic (exact) mass is 526 g/mol. The molecule has 2 aromatic carbocycles. The molecule has 0 aliphatic heterocycles. The standard InChI is InChI=1S/C28H34N2O8/c1-21(29(3)27(33)37-19-23-11-7-5-8-12-23)17-35-25(31)15-16-26(32)36-18-22(2)30(4)28(34)38-20-24-13-9-6-10-14-24/h5-16,21-22H,17-20H2,1-4H3/b16-15+/t21-,22-/m0/s1. The first-order valence-electron chi connectivity index (χ1n) is 12.1. The van der Waals surface area contributed by atoms with Crippen molar-refractivity contribution < 1.29 is 38.1 Å². The molecule has 0 heterocycles. The maximum Gasteiger partial charge on any atom is 0.410 e. The molecule has 0 saturated heterocycles. The predicted molar refractivity (Wildman–Crippen MR) is 139 cm³/mol. The number of carbonyl (C=O) groups excluding carboxylic acids is 4. The summed E-state index contributed by atoms with van der Waals surface area (Å²) in [5.74, 6) is -1.54. The number of hydrogen-bond acceptors (Lipinski definition) is 8. The molecule has 0 saturated carbocycles. The first-order valence-corrected chi connectivity index (χ1v) is 12.1. The number of benzene rings is 2. The minimum Gasteiger partial charge on any atom is -0.460 e. The van der Waals surface area contributed by atoms with Gasteiger partial charge in [-0.3, -0.25) is 0 Å². The van der Waals surface area contributed by atoms with Crippen molar-refractivity contribution in [1.82, 2.24) is 9.80 Å². The molecule has 0 spiro atoms. The number of amides is 2. The minimum absolute atomic E-state index is 0.0952. The fraction of sp³-hybridized carbons (Fsp3) is 0.357. The Labute approximate surface area is 222 Å². The average Bonchev–Trinajstić information content (AvgIpc) is 2.95. The summed E-state index contributed by atoms with van der Waals surface area (Å²) in [6.07, 6.45) is 0.760. The maximum absolute atomic E-state index is 12.2. The summed E-state index contributed by atoms with van der Waals surface area (Å²) in [5.41, 5.74) is 1.71. The Kier molecular flexibility index (Phi) is 12.4. The van der Waals surface area contributed by atoms with Gasteiger partial charge in [-0.15, -0.1) is 0 Å². The average molecular weight is 527 g/mol. The molecule has 2 atom stereocenters.